The van der Waals surface area contributed by atoms with Crippen LogP contribution in [0.25, 0.3) is 0 Å². The van der Waals surface area contributed by atoms with Crippen LogP contribution in [-0.4, -0.2) is 33.5 Å². The standard InChI is InChI=1S/C19H27N3O3S2/c1-5-22(6-2)16-11-9-15(10-12-16)20-19(23)18(14(3)4)21-27(24,25)17-8-7-13-26-17/h7-14,18,21H,5-6H2,1-4H3,(H,20,23). The Morgan fingerprint density at radius 3 is 2.22 bits per heavy atom. The molecule has 1 amide bonds. The molecule has 1 aromatic heterocycles. The molecule has 8 heteroatoms. The van der Waals surface area contributed by atoms with Crippen LogP contribution in [-0.2, 0) is 14.8 Å². The highest BCUT2D eigenvalue weighted by Gasteiger charge is 2.29. The van der Waals surface area contributed by atoms with Gasteiger partial charge < -0.3 is 10.2 Å². The largest absolute Gasteiger partial charge is 0.372 e. The average molecular weight is 410 g/mol. The van der Waals surface area contributed by atoms with Crippen LogP contribution in [0.15, 0.2) is 46.0 Å². The second-order valence-corrected chi connectivity index (χ2v) is 9.37. The molecule has 2 aromatic rings. The van der Waals surface area contributed by atoms with E-state index >= 15 is 0 Å². The van der Waals surface area contributed by atoms with E-state index in [1.54, 1.807) is 11.4 Å². The van der Waals surface area contributed by atoms with Crippen LogP contribution < -0.4 is 14.9 Å². The van der Waals surface area contributed by atoms with Gasteiger partial charge >= 0.3 is 0 Å². The summed E-state index contributed by atoms with van der Waals surface area (Å²) in [7, 11) is -3.72. The zero-order valence-corrected chi connectivity index (χ0v) is 17.7. The van der Waals surface area contributed by atoms with Gasteiger partial charge in [0.2, 0.25) is 5.91 Å². The topological polar surface area (TPSA) is 78.5 Å². The summed E-state index contributed by atoms with van der Waals surface area (Å²) in [5.74, 6) is -0.574. The normalized spacial score (nSPS) is 12.8. The minimum absolute atomic E-state index is 0.199. The molecule has 0 radical (unpaired) electrons. The Kier molecular flexibility index (Phi) is 7.41. The van der Waals surface area contributed by atoms with Crippen molar-refractivity contribution < 1.29 is 13.2 Å². The van der Waals surface area contributed by atoms with E-state index in [0.717, 1.165) is 30.1 Å². The Balaban J connectivity index is 2.11. The summed E-state index contributed by atoms with van der Waals surface area (Å²) in [6.45, 7) is 9.61. The molecule has 0 aliphatic heterocycles. The summed E-state index contributed by atoms with van der Waals surface area (Å²) in [4.78, 5) is 14.9. The van der Waals surface area contributed by atoms with Crippen LogP contribution in [0.4, 0.5) is 11.4 Å². The van der Waals surface area contributed by atoms with Crippen molar-refractivity contribution in [3.63, 3.8) is 0 Å². The Morgan fingerprint density at radius 1 is 1.11 bits per heavy atom. The fraction of sp³-hybridized carbons (Fsp3) is 0.421. The lowest BCUT2D eigenvalue weighted by atomic mass is 10.0. The fourth-order valence-corrected chi connectivity index (χ4v) is 5.05. The van der Waals surface area contributed by atoms with Crippen molar-refractivity contribution in [2.75, 3.05) is 23.3 Å². The molecular weight excluding hydrogens is 382 g/mol. The maximum absolute atomic E-state index is 12.7. The first kappa shape index (κ1) is 21.4. The summed E-state index contributed by atoms with van der Waals surface area (Å²) in [5.41, 5.74) is 1.72. The van der Waals surface area contributed by atoms with Crippen molar-refractivity contribution in [1.29, 1.82) is 0 Å². The molecule has 148 valence electrons. The second-order valence-electron chi connectivity index (χ2n) is 6.48. The van der Waals surface area contributed by atoms with E-state index in [0.29, 0.717) is 5.69 Å². The van der Waals surface area contributed by atoms with E-state index in [2.05, 4.69) is 28.8 Å². The smallest absolute Gasteiger partial charge is 0.250 e. The molecule has 0 saturated heterocycles. The Morgan fingerprint density at radius 2 is 1.74 bits per heavy atom. The monoisotopic (exact) mass is 409 g/mol. The predicted octanol–water partition coefficient (Wildman–Crippen LogP) is 3.54. The van der Waals surface area contributed by atoms with Gasteiger partial charge in [0, 0.05) is 24.5 Å². The lowest BCUT2D eigenvalue weighted by Crippen LogP contribution is -2.46. The summed E-state index contributed by atoms with van der Waals surface area (Å²) in [6, 6.07) is 9.88. The van der Waals surface area contributed by atoms with Crippen LogP contribution in [0.2, 0.25) is 0 Å². The molecule has 0 fully saturated rings. The third-order valence-corrected chi connectivity index (χ3v) is 7.09. The maximum atomic E-state index is 12.7. The number of carbonyl (C=O) groups is 1. The molecule has 0 saturated carbocycles. The lowest BCUT2D eigenvalue weighted by Gasteiger charge is -2.23. The van der Waals surface area contributed by atoms with E-state index in [1.165, 1.54) is 6.07 Å². The van der Waals surface area contributed by atoms with E-state index in [1.807, 2.05) is 38.1 Å². The third kappa shape index (κ3) is 5.54. The Hall–Kier alpha value is -1.90. The van der Waals surface area contributed by atoms with Gasteiger partial charge in [0.25, 0.3) is 10.0 Å². The van der Waals surface area contributed by atoms with Gasteiger partial charge in [-0.2, -0.15) is 4.72 Å². The molecule has 1 unspecified atom stereocenters. The van der Waals surface area contributed by atoms with Crippen molar-refractivity contribution in [3.8, 4) is 0 Å². The number of anilines is 2. The molecule has 0 aliphatic carbocycles. The quantitative estimate of drug-likeness (QED) is 0.664. The van der Waals surface area contributed by atoms with E-state index in [9.17, 15) is 13.2 Å². The third-order valence-electron chi connectivity index (χ3n) is 4.25. The van der Waals surface area contributed by atoms with Gasteiger partial charge in [0.05, 0.1) is 0 Å². The number of benzene rings is 1. The first-order valence-corrected chi connectivity index (χ1v) is 11.4. The van der Waals surface area contributed by atoms with Gasteiger partial charge in [-0.25, -0.2) is 8.42 Å². The number of nitrogens with zero attached hydrogens (tertiary/aromatic N) is 1. The summed E-state index contributed by atoms with van der Waals surface area (Å²) >= 11 is 1.12. The van der Waals surface area contributed by atoms with Crippen LogP contribution in [0, 0.1) is 5.92 Å². The number of carbonyl (C=O) groups excluding carboxylic acids is 1. The number of amides is 1. The molecule has 1 aromatic carbocycles. The second kappa shape index (κ2) is 9.34. The average Bonchev–Trinajstić information content (AvgIpc) is 3.17. The Labute approximate surface area is 165 Å². The lowest BCUT2D eigenvalue weighted by molar-refractivity contribution is -0.118. The number of sulfonamides is 1. The van der Waals surface area contributed by atoms with Gasteiger partial charge in [0.15, 0.2) is 0 Å². The number of hydrogen-bond acceptors (Lipinski definition) is 5. The van der Waals surface area contributed by atoms with E-state index in [4.69, 9.17) is 0 Å². The minimum Gasteiger partial charge on any atom is -0.372 e. The minimum atomic E-state index is -3.72. The SMILES string of the molecule is CCN(CC)c1ccc(NC(=O)C(NS(=O)(=O)c2cccs2)C(C)C)cc1. The molecular formula is C19H27N3O3S2. The van der Waals surface area contributed by atoms with Crippen molar-refractivity contribution in [1.82, 2.24) is 4.72 Å². The van der Waals surface area contributed by atoms with Crippen molar-refractivity contribution >= 4 is 38.6 Å². The van der Waals surface area contributed by atoms with Crippen molar-refractivity contribution in [3.05, 3.63) is 41.8 Å². The molecule has 2 N–H and O–H groups in total. The molecule has 0 aliphatic rings. The number of rotatable bonds is 9. The van der Waals surface area contributed by atoms with E-state index in [-0.39, 0.29) is 16.0 Å². The molecule has 0 spiro atoms. The van der Waals surface area contributed by atoms with Crippen LogP contribution in [0.3, 0.4) is 0 Å². The molecule has 1 atom stereocenters. The molecule has 27 heavy (non-hydrogen) atoms. The summed E-state index contributed by atoms with van der Waals surface area (Å²) in [6.07, 6.45) is 0. The molecule has 6 nitrogen and oxygen atoms in total. The summed E-state index contributed by atoms with van der Waals surface area (Å²) in [5, 5.41) is 4.50. The summed E-state index contributed by atoms with van der Waals surface area (Å²) < 4.78 is 27.7. The molecule has 1 heterocycles. The van der Waals surface area contributed by atoms with Gasteiger partial charge in [-0.15, -0.1) is 11.3 Å². The van der Waals surface area contributed by atoms with Gasteiger partial charge in [-0.3, -0.25) is 4.79 Å². The number of hydrogen-bond donors (Lipinski definition) is 2. The first-order chi connectivity index (χ1) is 12.8. The van der Waals surface area contributed by atoms with Crippen LogP contribution in [0.1, 0.15) is 27.7 Å². The fourth-order valence-electron chi connectivity index (χ4n) is 2.70. The van der Waals surface area contributed by atoms with Gasteiger partial charge in [0.1, 0.15) is 10.3 Å². The van der Waals surface area contributed by atoms with Crippen molar-refractivity contribution in [2.45, 2.75) is 37.9 Å². The highest BCUT2D eigenvalue weighted by Crippen LogP contribution is 2.20. The first-order valence-electron chi connectivity index (χ1n) is 9.00. The van der Waals surface area contributed by atoms with Crippen molar-refractivity contribution in [2.24, 2.45) is 5.92 Å². The van der Waals surface area contributed by atoms with Crippen LogP contribution >= 0.6 is 11.3 Å². The zero-order chi connectivity index (χ0) is 20.0. The highest BCUT2D eigenvalue weighted by atomic mass is 32.2. The van der Waals surface area contributed by atoms with Gasteiger partial charge in [-0.05, 0) is 55.5 Å². The van der Waals surface area contributed by atoms with Gasteiger partial charge in [-0.1, -0.05) is 19.9 Å². The molecule has 2 rings (SSSR count). The van der Waals surface area contributed by atoms with Crippen LogP contribution in [0.5, 0.6) is 0 Å². The number of nitrogens with one attached hydrogen (secondary N) is 2. The number of thiophene rings is 1. The Bertz CT molecular complexity index is 828. The molecule has 0 bridgehead atoms. The predicted molar refractivity (Wildman–Crippen MR) is 112 cm³/mol. The zero-order valence-electron chi connectivity index (χ0n) is 16.1. The highest BCUT2D eigenvalue weighted by molar-refractivity contribution is 7.91. The maximum Gasteiger partial charge on any atom is 0.250 e. The van der Waals surface area contributed by atoms with E-state index < -0.39 is 16.1 Å².